The molecule has 2 heteroatoms. The highest BCUT2D eigenvalue weighted by Crippen LogP contribution is 1.98. The molecule has 0 fully saturated rings. The van der Waals surface area contributed by atoms with E-state index in [0.29, 0.717) is 0 Å². The van der Waals surface area contributed by atoms with E-state index >= 15 is 0 Å². The van der Waals surface area contributed by atoms with Crippen LogP contribution in [0, 0.1) is 0 Å². The third-order valence-electron chi connectivity index (χ3n) is 1.21. The molecule has 1 rings (SSSR count). The second-order valence-electron chi connectivity index (χ2n) is 2.51. The van der Waals surface area contributed by atoms with Crippen molar-refractivity contribution in [2.45, 2.75) is 0 Å². The predicted octanol–water partition coefficient (Wildman–Crippen LogP) is 0.559. The van der Waals surface area contributed by atoms with Crippen molar-refractivity contribution in [1.29, 1.82) is 0 Å². The molecule has 0 N–H and O–H groups in total. The first-order valence-electron chi connectivity index (χ1n) is 3.12. The van der Waals surface area contributed by atoms with E-state index in [2.05, 4.69) is 30.1 Å². The summed E-state index contributed by atoms with van der Waals surface area (Å²) in [4.78, 5) is 6.22. The van der Waals surface area contributed by atoms with Gasteiger partial charge in [0, 0.05) is 12.8 Å². The third-order valence-corrected chi connectivity index (χ3v) is 1.21. The van der Waals surface area contributed by atoms with E-state index in [1.165, 1.54) is 5.57 Å². The van der Waals surface area contributed by atoms with E-state index in [1.54, 1.807) is 0 Å². The molecule has 0 saturated carbocycles. The minimum atomic E-state index is 0.878. The Hall–Kier alpha value is -0.630. The van der Waals surface area contributed by atoms with Crippen molar-refractivity contribution in [3.05, 3.63) is 11.6 Å². The summed E-state index contributed by atoms with van der Waals surface area (Å²) in [7, 11) is 4.12. The van der Waals surface area contributed by atoms with Crippen LogP contribution in [0.25, 0.3) is 0 Å². The molecule has 0 aromatic carbocycles. The minimum absolute atomic E-state index is 0.878. The summed E-state index contributed by atoms with van der Waals surface area (Å²) in [6.07, 6.45) is 4.10. The van der Waals surface area contributed by atoms with Gasteiger partial charge in [0.05, 0.1) is 6.54 Å². The van der Waals surface area contributed by atoms with Crippen molar-refractivity contribution in [1.82, 2.24) is 4.90 Å². The zero-order chi connectivity index (χ0) is 6.69. The van der Waals surface area contributed by atoms with Gasteiger partial charge in [-0.25, -0.2) is 0 Å². The Morgan fingerprint density at radius 3 is 2.89 bits per heavy atom. The van der Waals surface area contributed by atoms with Gasteiger partial charge >= 0.3 is 0 Å². The molecule has 0 unspecified atom stereocenters. The molecule has 0 aliphatic carbocycles. The average Bonchev–Trinajstić information content (AvgIpc) is 2.15. The van der Waals surface area contributed by atoms with Gasteiger partial charge in [0.1, 0.15) is 0 Å². The van der Waals surface area contributed by atoms with E-state index in [-0.39, 0.29) is 0 Å². The monoisotopic (exact) mass is 124 g/mol. The predicted molar refractivity (Wildman–Crippen MR) is 40.0 cm³/mol. The van der Waals surface area contributed by atoms with E-state index in [4.69, 9.17) is 0 Å². The second-order valence-corrected chi connectivity index (χ2v) is 2.51. The van der Waals surface area contributed by atoms with Crippen LogP contribution in [0.4, 0.5) is 0 Å². The maximum Gasteiger partial charge on any atom is 0.0577 e. The molecular weight excluding hydrogens is 112 g/mol. The van der Waals surface area contributed by atoms with Crippen LogP contribution in [0.2, 0.25) is 0 Å². The van der Waals surface area contributed by atoms with Crippen LogP contribution in [-0.2, 0) is 0 Å². The molecule has 0 bridgehead atoms. The molecule has 0 saturated heterocycles. The van der Waals surface area contributed by atoms with E-state index in [1.807, 2.05) is 6.21 Å². The van der Waals surface area contributed by atoms with Crippen molar-refractivity contribution in [2.24, 2.45) is 4.99 Å². The minimum Gasteiger partial charge on any atom is -0.305 e. The van der Waals surface area contributed by atoms with Crippen molar-refractivity contribution >= 4 is 6.21 Å². The average molecular weight is 124 g/mol. The molecule has 1 aliphatic rings. The number of hydrogen-bond donors (Lipinski definition) is 0. The standard InChI is InChI=1S/C7H12N2/c1-9(2)6-7-3-4-8-5-7/h3,5H,4,6H2,1-2H3. The number of rotatable bonds is 2. The van der Waals surface area contributed by atoms with Crippen LogP contribution < -0.4 is 0 Å². The molecule has 50 valence electrons. The highest BCUT2D eigenvalue weighted by Gasteiger charge is 1.98. The van der Waals surface area contributed by atoms with Crippen molar-refractivity contribution in [3.8, 4) is 0 Å². The molecule has 0 aromatic rings. The Bertz CT molecular complexity index is 145. The Labute approximate surface area is 55.9 Å². The largest absolute Gasteiger partial charge is 0.305 e. The lowest BCUT2D eigenvalue weighted by molar-refractivity contribution is 0.452. The first-order chi connectivity index (χ1) is 4.29. The Morgan fingerprint density at radius 2 is 2.44 bits per heavy atom. The summed E-state index contributed by atoms with van der Waals surface area (Å²) in [6, 6.07) is 0. The van der Waals surface area contributed by atoms with Gasteiger partial charge in [-0.3, -0.25) is 4.99 Å². The summed E-state index contributed by atoms with van der Waals surface area (Å²) >= 11 is 0. The first-order valence-corrected chi connectivity index (χ1v) is 3.12. The lowest BCUT2D eigenvalue weighted by Crippen LogP contribution is -2.14. The molecule has 9 heavy (non-hydrogen) atoms. The van der Waals surface area contributed by atoms with E-state index in [0.717, 1.165) is 13.1 Å². The second kappa shape index (κ2) is 2.78. The molecule has 0 radical (unpaired) electrons. The SMILES string of the molecule is CN(C)CC1=CCN=C1. The Morgan fingerprint density at radius 1 is 1.67 bits per heavy atom. The van der Waals surface area contributed by atoms with Crippen LogP contribution in [0.1, 0.15) is 0 Å². The maximum atomic E-state index is 4.07. The summed E-state index contributed by atoms with van der Waals surface area (Å²) < 4.78 is 0. The fraction of sp³-hybridized carbons (Fsp3) is 0.571. The van der Waals surface area contributed by atoms with Crippen LogP contribution in [-0.4, -0.2) is 38.3 Å². The van der Waals surface area contributed by atoms with Crippen molar-refractivity contribution in [2.75, 3.05) is 27.2 Å². The normalized spacial score (nSPS) is 17.0. The molecule has 0 atom stereocenters. The number of hydrogen-bond acceptors (Lipinski definition) is 2. The van der Waals surface area contributed by atoms with Crippen LogP contribution >= 0.6 is 0 Å². The van der Waals surface area contributed by atoms with Crippen LogP contribution in [0.3, 0.4) is 0 Å². The molecule has 1 heterocycles. The summed E-state index contributed by atoms with van der Waals surface area (Å²) in [5, 5.41) is 0. The fourth-order valence-corrected chi connectivity index (χ4v) is 0.863. The summed E-state index contributed by atoms with van der Waals surface area (Å²) in [6.45, 7) is 1.90. The van der Waals surface area contributed by atoms with Gasteiger partial charge in [-0.2, -0.15) is 0 Å². The fourth-order valence-electron chi connectivity index (χ4n) is 0.863. The Kier molecular flexibility index (Phi) is 2.01. The molecule has 1 aliphatic heterocycles. The highest BCUT2D eigenvalue weighted by atomic mass is 15.1. The lowest BCUT2D eigenvalue weighted by atomic mass is 10.3. The van der Waals surface area contributed by atoms with Crippen molar-refractivity contribution in [3.63, 3.8) is 0 Å². The zero-order valence-electron chi connectivity index (χ0n) is 5.96. The van der Waals surface area contributed by atoms with Gasteiger partial charge in [0.15, 0.2) is 0 Å². The summed E-state index contributed by atoms with van der Waals surface area (Å²) in [5.74, 6) is 0. The van der Waals surface area contributed by atoms with Gasteiger partial charge in [0.2, 0.25) is 0 Å². The number of aliphatic imine (C=N–C) groups is 1. The number of likely N-dealkylation sites (N-methyl/N-ethyl adjacent to an activating group) is 1. The molecule has 0 aromatic heterocycles. The topological polar surface area (TPSA) is 15.6 Å². The first kappa shape index (κ1) is 6.49. The Balaban J connectivity index is 2.35. The maximum absolute atomic E-state index is 4.07. The third kappa shape index (κ3) is 1.98. The van der Waals surface area contributed by atoms with Crippen molar-refractivity contribution < 1.29 is 0 Å². The van der Waals surface area contributed by atoms with Gasteiger partial charge < -0.3 is 4.90 Å². The zero-order valence-corrected chi connectivity index (χ0v) is 5.96. The van der Waals surface area contributed by atoms with Gasteiger partial charge in [-0.05, 0) is 19.7 Å². The highest BCUT2D eigenvalue weighted by molar-refractivity contribution is 5.81. The summed E-state index contributed by atoms with van der Waals surface area (Å²) in [5.41, 5.74) is 1.33. The molecule has 2 nitrogen and oxygen atoms in total. The molecule has 0 spiro atoms. The van der Waals surface area contributed by atoms with Gasteiger partial charge in [-0.15, -0.1) is 0 Å². The quantitative estimate of drug-likeness (QED) is 0.525. The van der Waals surface area contributed by atoms with Gasteiger partial charge in [-0.1, -0.05) is 6.08 Å². The van der Waals surface area contributed by atoms with Crippen LogP contribution in [0.15, 0.2) is 16.6 Å². The lowest BCUT2D eigenvalue weighted by Gasteiger charge is -2.06. The van der Waals surface area contributed by atoms with E-state index < -0.39 is 0 Å². The smallest absolute Gasteiger partial charge is 0.0577 e. The number of nitrogens with zero attached hydrogens (tertiary/aromatic N) is 2. The van der Waals surface area contributed by atoms with E-state index in [9.17, 15) is 0 Å². The molecular formula is C7H12N2. The molecule has 0 amide bonds. The van der Waals surface area contributed by atoms with Gasteiger partial charge in [0.25, 0.3) is 0 Å². The van der Waals surface area contributed by atoms with Crippen LogP contribution in [0.5, 0.6) is 0 Å².